The van der Waals surface area contributed by atoms with Crippen LogP contribution >= 0.6 is 0 Å². The van der Waals surface area contributed by atoms with Crippen molar-refractivity contribution in [3.8, 4) is 11.5 Å². The van der Waals surface area contributed by atoms with Gasteiger partial charge in [0.1, 0.15) is 24.7 Å². The molecule has 0 bridgehead atoms. The second-order valence-electron chi connectivity index (χ2n) is 7.79. The summed E-state index contributed by atoms with van der Waals surface area (Å²) in [5.74, 6) is 0.666. The van der Waals surface area contributed by atoms with E-state index in [-0.39, 0.29) is 31.4 Å². The molecule has 4 rings (SSSR count). The van der Waals surface area contributed by atoms with Gasteiger partial charge < -0.3 is 18.9 Å². The van der Waals surface area contributed by atoms with Gasteiger partial charge in [-0.1, -0.05) is 41.6 Å². The van der Waals surface area contributed by atoms with E-state index >= 15 is 0 Å². The maximum atomic E-state index is 13.8. The Morgan fingerprint density at radius 2 is 1.70 bits per heavy atom. The molecular formula is C26H25FN2O4. The quantitative estimate of drug-likeness (QED) is 0.365. The molecule has 170 valence electrons. The number of aromatic nitrogens is 1. The van der Waals surface area contributed by atoms with Crippen molar-refractivity contribution in [2.24, 2.45) is 0 Å². The molecule has 0 aliphatic heterocycles. The number of rotatable bonds is 8. The van der Waals surface area contributed by atoms with Crippen LogP contribution in [0.2, 0.25) is 0 Å². The number of carbonyl (C=O) groups excluding carboxylic acids is 1. The van der Waals surface area contributed by atoms with E-state index in [4.69, 9.17) is 14.0 Å². The van der Waals surface area contributed by atoms with E-state index in [1.54, 1.807) is 25.2 Å². The van der Waals surface area contributed by atoms with Gasteiger partial charge in [0, 0.05) is 7.05 Å². The molecule has 0 saturated heterocycles. The summed E-state index contributed by atoms with van der Waals surface area (Å²) in [6, 6.07) is 17.7. The molecule has 0 fully saturated rings. The van der Waals surface area contributed by atoms with Crippen molar-refractivity contribution in [1.29, 1.82) is 0 Å². The van der Waals surface area contributed by atoms with Gasteiger partial charge in [0.05, 0.1) is 23.4 Å². The standard InChI is InChI=1S/C26H25FN2O4/c1-17-22(18(2)33-28-17)16-32-25-15-20-9-5-4-8-19(20)14-21(25)26(30)29(3)12-13-31-24-11-7-6-10-23(24)27/h4-11,14-15H,12-13,16H2,1-3H3. The smallest absolute Gasteiger partial charge is 0.257 e. The fourth-order valence-corrected chi connectivity index (χ4v) is 3.53. The van der Waals surface area contributed by atoms with Crippen LogP contribution in [0.25, 0.3) is 10.8 Å². The zero-order valence-corrected chi connectivity index (χ0v) is 18.8. The minimum Gasteiger partial charge on any atom is -0.489 e. The molecule has 0 radical (unpaired) electrons. The number of nitrogens with zero attached hydrogens (tertiary/aromatic N) is 2. The van der Waals surface area contributed by atoms with Gasteiger partial charge in [-0.05, 0) is 48.9 Å². The summed E-state index contributed by atoms with van der Waals surface area (Å²) in [7, 11) is 1.68. The van der Waals surface area contributed by atoms with Crippen LogP contribution in [-0.2, 0) is 6.61 Å². The van der Waals surface area contributed by atoms with Crippen molar-refractivity contribution < 1.29 is 23.2 Å². The van der Waals surface area contributed by atoms with E-state index in [2.05, 4.69) is 5.16 Å². The van der Waals surface area contributed by atoms with Crippen LogP contribution in [0.3, 0.4) is 0 Å². The van der Waals surface area contributed by atoms with Crippen LogP contribution in [0.4, 0.5) is 4.39 Å². The third kappa shape index (κ3) is 4.98. The normalized spacial score (nSPS) is 10.9. The summed E-state index contributed by atoms with van der Waals surface area (Å²) in [4.78, 5) is 14.8. The van der Waals surface area contributed by atoms with Gasteiger partial charge in [-0.15, -0.1) is 0 Å². The third-order valence-electron chi connectivity index (χ3n) is 5.50. The van der Waals surface area contributed by atoms with Crippen molar-refractivity contribution in [1.82, 2.24) is 10.1 Å². The predicted molar refractivity (Wildman–Crippen MR) is 123 cm³/mol. The molecule has 1 aromatic heterocycles. The first-order valence-electron chi connectivity index (χ1n) is 10.6. The highest BCUT2D eigenvalue weighted by Gasteiger charge is 2.20. The molecule has 0 N–H and O–H groups in total. The number of fused-ring (bicyclic) bond motifs is 1. The minimum atomic E-state index is -0.434. The Morgan fingerprint density at radius 3 is 2.39 bits per heavy atom. The van der Waals surface area contributed by atoms with Crippen LogP contribution in [0, 0.1) is 19.7 Å². The Balaban J connectivity index is 1.53. The summed E-state index contributed by atoms with van der Waals surface area (Å²) < 4.78 is 30.6. The highest BCUT2D eigenvalue weighted by Crippen LogP contribution is 2.29. The van der Waals surface area contributed by atoms with E-state index in [1.807, 2.05) is 50.2 Å². The fraction of sp³-hybridized carbons (Fsp3) is 0.231. The Hall–Kier alpha value is -3.87. The molecule has 4 aromatic rings. The van der Waals surface area contributed by atoms with E-state index in [9.17, 15) is 9.18 Å². The summed E-state index contributed by atoms with van der Waals surface area (Å²) in [6.45, 7) is 4.36. The van der Waals surface area contributed by atoms with Crippen molar-refractivity contribution in [3.63, 3.8) is 0 Å². The zero-order chi connectivity index (χ0) is 23.4. The summed E-state index contributed by atoms with van der Waals surface area (Å²) in [5, 5.41) is 5.86. The maximum absolute atomic E-state index is 13.8. The molecule has 3 aromatic carbocycles. The molecule has 0 aliphatic carbocycles. The fourth-order valence-electron chi connectivity index (χ4n) is 3.53. The Morgan fingerprint density at radius 1 is 1.00 bits per heavy atom. The van der Waals surface area contributed by atoms with Crippen LogP contribution < -0.4 is 9.47 Å². The lowest BCUT2D eigenvalue weighted by atomic mass is 10.0. The molecule has 0 unspecified atom stereocenters. The first-order valence-corrected chi connectivity index (χ1v) is 10.6. The molecule has 6 nitrogen and oxygen atoms in total. The topological polar surface area (TPSA) is 64.8 Å². The number of ether oxygens (including phenoxy) is 2. The van der Waals surface area contributed by atoms with Crippen LogP contribution in [0.5, 0.6) is 11.5 Å². The van der Waals surface area contributed by atoms with E-state index in [0.717, 1.165) is 22.0 Å². The Kier molecular flexibility index (Phi) is 6.58. The molecule has 0 atom stereocenters. The lowest BCUT2D eigenvalue weighted by Gasteiger charge is -2.20. The van der Waals surface area contributed by atoms with Crippen LogP contribution in [0.1, 0.15) is 27.4 Å². The number of para-hydroxylation sites is 1. The SMILES string of the molecule is Cc1noc(C)c1COc1cc2ccccc2cc1C(=O)N(C)CCOc1ccccc1F. The second kappa shape index (κ2) is 9.73. The predicted octanol–water partition coefficient (Wildman–Crippen LogP) is 5.31. The van der Waals surface area contributed by atoms with Crippen molar-refractivity contribution in [2.75, 3.05) is 20.2 Å². The van der Waals surface area contributed by atoms with Gasteiger partial charge in [0.15, 0.2) is 11.6 Å². The average molecular weight is 448 g/mol. The summed E-state index contributed by atoms with van der Waals surface area (Å²) >= 11 is 0. The number of amides is 1. The van der Waals surface area contributed by atoms with Crippen molar-refractivity contribution >= 4 is 16.7 Å². The highest BCUT2D eigenvalue weighted by atomic mass is 19.1. The third-order valence-corrected chi connectivity index (χ3v) is 5.50. The lowest BCUT2D eigenvalue weighted by Crippen LogP contribution is -2.31. The number of benzene rings is 3. The van der Waals surface area contributed by atoms with Crippen LogP contribution in [-0.4, -0.2) is 36.2 Å². The minimum absolute atomic E-state index is 0.159. The van der Waals surface area contributed by atoms with Crippen LogP contribution in [0.15, 0.2) is 65.2 Å². The lowest BCUT2D eigenvalue weighted by molar-refractivity contribution is 0.0768. The number of hydrogen-bond donors (Lipinski definition) is 0. The number of halogens is 1. The van der Waals surface area contributed by atoms with E-state index in [0.29, 0.717) is 17.1 Å². The molecule has 33 heavy (non-hydrogen) atoms. The Bertz CT molecular complexity index is 1270. The molecule has 0 saturated carbocycles. The van der Waals surface area contributed by atoms with Crippen molar-refractivity contribution in [2.45, 2.75) is 20.5 Å². The van der Waals surface area contributed by atoms with Gasteiger partial charge in [-0.2, -0.15) is 0 Å². The first-order chi connectivity index (χ1) is 15.9. The molecule has 1 heterocycles. The largest absolute Gasteiger partial charge is 0.489 e. The summed E-state index contributed by atoms with van der Waals surface area (Å²) in [6.07, 6.45) is 0. The molecule has 0 spiro atoms. The highest BCUT2D eigenvalue weighted by molar-refractivity contribution is 6.01. The second-order valence-corrected chi connectivity index (χ2v) is 7.79. The molecular weight excluding hydrogens is 423 g/mol. The average Bonchev–Trinajstić information content (AvgIpc) is 3.14. The maximum Gasteiger partial charge on any atom is 0.257 e. The monoisotopic (exact) mass is 448 g/mol. The molecule has 1 amide bonds. The van der Waals surface area contributed by atoms with Gasteiger partial charge in [-0.25, -0.2) is 4.39 Å². The molecule has 0 aliphatic rings. The van der Waals surface area contributed by atoms with Gasteiger partial charge in [0.25, 0.3) is 5.91 Å². The van der Waals surface area contributed by atoms with Gasteiger partial charge in [0.2, 0.25) is 0 Å². The molecule has 7 heteroatoms. The van der Waals surface area contributed by atoms with E-state index < -0.39 is 5.82 Å². The Labute approximate surface area is 191 Å². The zero-order valence-electron chi connectivity index (χ0n) is 18.8. The number of carbonyl (C=O) groups is 1. The van der Waals surface area contributed by atoms with Gasteiger partial charge >= 0.3 is 0 Å². The number of hydrogen-bond acceptors (Lipinski definition) is 5. The van der Waals surface area contributed by atoms with Gasteiger partial charge in [-0.3, -0.25) is 4.79 Å². The summed E-state index contributed by atoms with van der Waals surface area (Å²) in [5.41, 5.74) is 2.05. The number of aryl methyl sites for hydroxylation is 2. The van der Waals surface area contributed by atoms with Crippen molar-refractivity contribution in [3.05, 3.63) is 89.1 Å². The van der Waals surface area contributed by atoms with E-state index in [1.165, 1.54) is 11.0 Å². The number of likely N-dealkylation sites (N-methyl/N-ethyl adjacent to an activating group) is 1. The first kappa shape index (κ1) is 22.3.